The van der Waals surface area contributed by atoms with Crippen LogP contribution < -0.4 is 0 Å². The number of rotatable bonds is 4. The molecule has 4 nitrogen and oxygen atoms in total. The van der Waals surface area contributed by atoms with Crippen molar-refractivity contribution in [3.8, 4) is 0 Å². The molecule has 0 aliphatic rings. The molecule has 0 aliphatic heterocycles. The standard InChI is InChI=1S/C4H10O4S4/c1-2-3-4(11(5,6)9)12(7,8)10/h4H,2-3H2,1H3,(H,5,6,9)(H,7,8,10). The highest BCUT2D eigenvalue weighted by Gasteiger charge is 2.27. The van der Waals surface area contributed by atoms with Crippen molar-refractivity contribution >= 4 is 39.9 Å². The van der Waals surface area contributed by atoms with Crippen LogP contribution in [0.2, 0.25) is 0 Å². The van der Waals surface area contributed by atoms with Gasteiger partial charge in [0.1, 0.15) is 0 Å². The molecule has 0 spiro atoms. The van der Waals surface area contributed by atoms with Gasteiger partial charge < -0.3 is 9.11 Å². The zero-order valence-corrected chi connectivity index (χ0v) is 9.60. The molecule has 74 valence electrons. The van der Waals surface area contributed by atoms with Crippen LogP contribution >= 0.6 is 0 Å². The van der Waals surface area contributed by atoms with Crippen LogP contribution in [0.3, 0.4) is 0 Å². The van der Waals surface area contributed by atoms with E-state index in [0.717, 1.165) is 0 Å². The summed E-state index contributed by atoms with van der Waals surface area (Å²) in [7, 11) is -7.36. The monoisotopic (exact) mass is 250 g/mol. The molecule has 2 N–H and O–H groups in total. The van der Waals surface area contributed by atoms with E-state index in [2.05, 4.69) is 22.4 Å². The fourth-order valence-electron chi connectivity index (χ4n) is 0.687. The van der Waals surface area contributed by atoms with Crippen molar-refractivity contribution in [3.63, 3.8) is 0 Å². The predicted molar refractivity (Wildman–Crippen MR) is 55.0 cm³/mol. The highest BCUT2D eigenvalue weighted by Crippen LogP contribution is 2.13. The molecule has 0 saturated heterocycles. The van der Waals surface area contributed by atoms with Crippen LogP contribution in [0, 0.1) is 0 Å². The van der Waals surface area contributed by atoms with Crippen LogP contribution in [0.4, 0.5) is 0 Å². The second-order valence-corrected chi connectivity index (χ2v) is 8.61. The predicted octanol–water partition coefficient (Wildman–Crippen LogP) is 0.551. The van der Waals surface area contributed by atoms with Gasteiger partial charge in [-0.25, -0.2) is 8.42 Å². The summed E-state index contributed by atoms with van der Waals surface area (Å²) in [6.45, 7) is 1.72. The minimum atomic E-state index is -3.68. The molecule has 2 unspecified atom stereocenters. The van der Waals surface area contributed by atoms with Gasteiger partial charge in [-0.05, 0) is 6.42 Å². The zero-order chi connectivity index (χ0) is 9.99. The smallest absolute Gasteiger partial charge is 0.162 e. The maximum absolute atomic E-state index is 10.9. The first-order valence-corrected chi connectivity index (χ1v) is 8.13. The summed E-state index contributed by atoms with van der Waals surface area (Å²) in [5.74, 6) is 0. The molecule has 8 heteroatoms. The lowest BCUT2D eigenvalue weighted by Gasteiger charge is -2.13. The van der Waals surface area contributed by atoms with Gasteiger partial charge in [0.05, 0.1) is 0 Å². The Bertz CT molecular complexity index is 294. The summed E-state index contributed by atoms with van der Waals surface area (Å²) >= 11 is 8.39. The van der Waals surface area contributed by atoms with Crippen molar-refractivity contribution in [2.75, 3.05) is 0 Å². The normalized spacial score (nSPS) is 23.9. The summed E-state index contributed by atoms with van der Waals surface area (Å²) in [6.07, 6.45) is 0.588. The minimum absolute atomic E-state index is 0.0949. The van der Waals surface area contributed by atoms with Gasteiger partial charge in [-0.3, -0.25) is 0 Å². The Morgan fingerprint density at radius 2 is 1.58 bits per heavy atom. The molecule has 0 aliphatic carbocycles. The minimum Gasteiger partial charge on any atom is -0.305 e. The van der Waals surface area contributed by atoms with Gasteiger partial charge in [0.2, 0.25) is 0 Å². The average Bonchev–Trinajstić information content (AvgIpc) is 1.77. The van der Waals surface area contributed by atoms with Crippen molar-refractivity contribution in [1.29, 1.82) is 0 Å². The van der Waals surface area contributed by atoms with Crippen LogP contribution in [0.5, 0.6) is 0 Å². The van der Waals surface area contributed by atoms with Gasteiger partial charge in [0.15, 0.2) is 22.1 Å². The molecule has 12 heavy (non-hydrogen) atoms. The second kappa shape index (κ2) is 4.25. The van der Waals surface area contributed by atoms with Crippen molar-refractivity contribution in [2.24, 2.45) is 0 Å². The van der Waals surface area contributed by atoms with E-state index >= 15 is 0 Å². The summed E-state index contributed by atoms with van der Waals surface area (Å²) in [5, 5.41) is 0. The Morgan fingerprint density at radius 3 is 1.67 bits per heavy atom. The van der Waals surface area contributed by atoms with Crippen molar-refractivity contribution in [1.82, 2.24) is 0 Å². The van der Waals surface area contributed by atoms with Crippen LogP contribution in [0.25, 0.3) is 0 Å². The van der Waals surface area contributed by atoms with Gasteiger partial charge in [0.25, 0.3) is 0 Å². The molecule has 0 heterocycles. The molecule has 2 atom stereocenters. The first-order chi connectivity index (χ1) is 5.19. The summed E-state index contributed by atoms with van der Waals surface area (Å²) in [4.78, 5) is 0. The quantitative estimate of drug-likeness (QED) is 0.759. The van der Waals surface area contributed by atoms with Gasteiger partial charge in [-0.15, -0.1) is 0 Å². The van der Waals surface area contributed by atoms with Gasteiger partial charge in [-0.1, -0.05) is 13.3 Å². The van der Waals surface area contributed by atoms with Crippen LogP contribution in [-0.2, 0) is 39.9 Å². The van der Waals surface area contributed by atoms with Gasteiger partial charge in [-0.2, -0.15) is 0 Å². The molecule has 0 radical (unpaired) electrons. The molecule has 0 rings (SSSR count). The lowest BCUT2D eigenvalue weighted by atomic mass is 10.4. The fraction of sp³-hybridized carbons (Fsp3) is 1.00. The van der Waals surface area contributed by atoms with Crippen LogP contribution in [0.1, 0.15) is 19.8 Å². The lowest BCUT2D eigenvalue weighted by molar-refractivity contribution is 0.530. The number of hydrogen-bond donors (Lipinski definition) is 2. The first kappa shape index (κ1) is 12.7. The second-order valence-electron chi connectivity index (χ2n) is 2.25. The van der Waals surface area contributed by atoms with E-state index < -0.39 is 22.1 Å². The Labute approximate surface area is 81.7 Å². The molecule has 0 bridgehead atoms. The highest BCUT2D eigenvalue weighted by atomic mass is 32.9. The third kappa shape index (κ3) is 4.06. The largest absolute Gasteiger partial charge is 0.305 e. The first-order valence-electron chi connectivity index (χ1n) is 3.12. The van der Waals surface area contributed by atoms with Crippen LogP contribution in [0.15, 0.2) is 0 Å². The SMILES string of the molecule is CCCC(S(=O)(O)=S)S(=O)(O)=S. The van der Waals surface area contributed by atoms with E-state index in [1.807, 2.05) is 0 Å². The molecular formula is C4H10O4S4. The molecule has 0 fully saturated rings. The molecule has 0 saturated carbocycles. The lowest BCUT2D eigenvalue weighted by Crippen LogP contribution is -2.27. The summed E-state index contributed by atoms with van der Waals surface area (Å²) in [5.41, 5.74) is 0. The molecular weight excluding hydrogens is 240 g/mol. The van der Waals surface area contributed by atoms with E-state index in [1.165, 1.54) is 0 Å². The van der Waals surface area contributed by atoms with E-state index in [9.17, 15) is 8.42 Å². The third-order valence-corrected chi connectivity index (χ3v) is 6.68. The maximum Gasteiger partial charge on any atom is 0.162 e. The topological polar surface area (TPSA) is 74.6 Å². The Morgan fingerprint density at radius 1 is 1.25 bits per heavy atom. The number of hydrogen-bond acceptors (Lipinski definition) is 4. The third-order valence-electron chi connectivity index (χ3n) is 1.19. The fourth-order valence-corrected chi connectivity index (χ4v) is 5.93. The average molecular weight is 250 g/mol. The van der Waals surface area contributed by atoms with Gasteiger partial charge >= 0.3 is 0 Å². The zero-order valence-electron chi connectivity index (χ0n) is 6.34. The van der Waals surface area contributed by atoms with Crippen molar-refractivity contribution < 1.29 is 17.5 Å². The molecule has 0 aromatic heterocycles. The summed E-state index contributed by atoms with van der Waals surface area (Å²) < 4.78 is 38.2. The van der Waals surface area contributed by atoms with E-state index in [-0.39, 0.29) is 6.42 Å². The Hall–Kier alpha value is 0.660. The van der Waals surface area contributed by atoms with E-state index in [4.69, 9.17) is 9.11 Å². The summed E-state index contributed by atoms with van der Waals surface area (Å²) in [6, 6.07) is 0. The molecule has 0 amide bonds. The van der Waals surface area contributed by atoms with Gasteiger partial charge in [0, 0.05) is 22.4 Å². The van der Waals surface area contributed by atoms with Crippen molar-refractivity contribution in [3.05, 3.63) is 0 Å². The molecule has 0 aromatic rings. The molecule has 0 aromatic carbocycles. The van der Waals surface area contributed by atoms with Crippen LogP contribution in [-0.4, -0.2) is 22.1 Å². The Kier molecular flexibility index (Phi) is 4.48. The van der Waals surface area contributed by atoms with E-state index in [1.54, 1.807) is 6.92 Å². The maximum atomic E-state index is 10.9. The Balaban J connectivity index is 4.97. The highest BCUT2D eigenvalue weighted by molar-refractivity contribution is 8.41. The van der Waals surface area contributed by atoms with E-state index in [0.29, 0.717) is 6.42 Å². The van der Waals surface area contributed by atoms with Crippen molar-refractivity contribution in [2.45, 2.75) is 24.3 Å².